The van der Waals surface area contributed by atoms with Gasteiger partial charge in [-0.15, -0.1) is 0 Å². The molecule has 2 heterocycles. The molecule has 5 heteroatoms. The topological polar surface area (TPSA) is 39.4 Å². The number of hydrogen-bond acceptors (Lipinski definition) is 3. The predicted molar refractivity (Wildman–Crippen MR) is 68.4 cm³/mol. The molecule has 0 bridgehead atoms. The normalized spacial score (nSPS) is 12.4. The van der Waals surface area contributed by atoms with Crippen molar-refractivity contribution in [2.45, 2.75) is 6.54 Å². The van der Waals surface area contributed by atoms with Crippen molar-refractivity contribution < 1.29 is 31.2 Å². The Balaban J connectivity index is 0.00000147. The van der Waals surface area contributed by atoms with Crippen LogP contribution < -0.4 is 26.4 Å². The van der Waals surface area contributed by atoms with Gasteiger partial charge in [-0.25, -0.2) is 0 Å². The highest BCUT2D eigenvalue weighted by Gasteiger charge is 2.17. The van der Waals surface area contributed by atoms with Crippen LogP contribution in [0.15, 0.2) is 48.8 Å². The lowest BCUT2D eigenvalue weighted by molar-refractivity contribution is -0.683. The third-order valence-electron chi connectivity index (χ3n) is 2.97. The van der Waals surface area contributed by atoms with E-state index in [2.05, 4.69) is 0 Å². The van der Waals surface area contributed by atoms with E-state index in [1.165, 1.54) is 0 Å². The molecule has 0 spiro atoms. The molecular formula is C15H14ClNO3. The van der Waals surface area contributed by atoms with Gasteiger partial charge in [0.2, 0.25) is 12.3 Å². The van der Waals surface area contributed by atoms with Crippen molar-refractivity contribution in [3.8, 4) is 11.5 Å². The van der Waals surface area contributed by atoms with Crippen LogP contribution in [-0.4, -0.2) is 19.0 Å². The van der Waals surface area contributed by atoms with Crippen LogP contribution >= 0.6 is 0 Å². The van der Waals surface area contributed by atoms with Crippen LogP contribution in [0.4, 0.5) is 0 Å². The van der Waals surface area contributed by atoms with Gasteiger partial charge in [-0.3, -0.25) is 4.79 Å². The molecule has 0 fully saturated rings. The van der Waals surface area contributed by atoms with Gasteiger partial charge in [0.15, 0.2) is 23.9 Å². The molecule has 0 N–H and O–H groups in total. The number of benzene rings is 1. The molecule has 2 aromatic rings. The molecule has 1 aliphatic heterocycles. The minimum Gasteiger partial charge on any atom is -1.00 e. The second-order valence-electron chi connectivity index (χ2n) is 4.33. The van der Waals surface area contributed by atoms with E-state index < -0.39 is 0 Å². The number of hydrogen-bond donors (Lipinski definition) is 0. The van der Waals surface area contributed by atoms with Crippen molar-refractivity contribution in [1.29, 1.82) is 0 Å². The van der Waals surface area contributed by atoms with Crippen LogP contribution in [0.5, 0.6) is 11.5 Å². The molecule has 20 heavy (non-hydrogen) atoms. The van der Waals surface area contributed by atoms with Crippen LogP contribution in [0.2, 0.25) is 0 Å². The summed E-state index contributed by atoms with van der Waals surface area (Å²) in [7, 11) is 0. The standard InChI is InChI=1S/C15H14NO3.ClH/c17-13(11-16-6-2-1-3-7-16)12-4-5-14-15(10-12)19-9-8-18-14;/h1-7,10H,8-9,11H2;1H/q+1;/p-1. The first-order chi connectivity index (χ1) is 9.33. The molecule has 1 aromatic heterocycles. The molecule has 1 aromatic carbocycles. The summed E-state index contributed by atoms with van der Waals surface area (Å²) < 4.78 is 12.8. The molecule has 0 aliphatic carbocycles. The average Bonchev–Trinajstić information content (AvgIpc) is 2.48. The number of carbonyl (C=O) groups is 1. The molecule has 0 atom stereocenters. The Morgan fingerprint density at radius 1 is 1.05 bits per heavy atom. The Morgan fingerprint density at radius 3 is 2.50 bits per heavy atom. The zero-order valence-corrected chi connectivity index (χ0v) is 11.5. The summed E-state index contributed by atoms with van der Waals surface area (Å²) in [5.41, 5.74) is 0.639. The van der Waals surface area contributed by atoms with Gasteiger partial charge < -0.3 is 21.9 Å². The Kier molecular flexibility index (Phi) is 4.58. The summed E-state index contributed by atoms with van der Waals surface area (Å²) >= 11 is 0. The van der Waals surface area contributed by atoms with Gasteiger partial charge in [-0.1, -0.05) is 6.07 Å². The lowest BCUT2D eigenvalue weighted by Gasteiger charge is -2.18. The lowest BCUT2D eigenvalue weighted by Crippen LogP contribution is -3.00. The number of nitrogens with zero attached hydrogens (tertiary/aromatic N) is 1. The van der Waals surface area contributed by atoms with Crippen molar-refractivity contribution in [3.05, 3.63) is 54.4 Å². The highest BCUT2D eigenvalue weighted by atomic mass is 35.5. The van der Waals surface area contributed by atoms with E-state index in [-0.39, 0.29) is 18.2 Å². The van der Waals surface area contributed by atoms with Gasteiger partial charge in [0, 0.05) is 17.7 Å². The maximum atomic E-state index is 12.2. The third-order valence-corrected chi connectivity index (χ3v) is 2.97. The van der Waals surface area contributed by atoms with Gasteiger partial charge >= 0.3 is 0 Å². The first kappa shape index (κ1) is 14.3. The van der Waals surface area contributed by atoms with Crippen LogP contribution in [0.1, 0.15) is 10.4 Å². The molecule has 104 valence electrons. The zero-order valence-electron chi connectivity index (χ0n) is 10.8. The summed E-state index contributed by atoms with van der Waals surface area (Å²) in [5, 5.41) is 0. The Hall–Kier alpha value is -2.07. The SMILES string of the molecule is O=C(C[n+]1ccccc1)c1ccc2c(c1)OCCO2.[Cl-]. The maximum Gasteiger partial charge on any atom is 0.227 e. The van der Waals surface area contributed by atoms with E-state index >= 15 is 0 Å². The average molecular weight is 292 g/mol. The number of Topliss-reactive ketones (excluding diaryl/α,β-unsaturated/α-hetero) is 1. The molecule has 0 amide bonds. The van der Waals surface area contributed by atoms with Crippen molar-refractivity contribution in [3.63, 3.8) is 0 Å². The Morgan fingerprint density at radius 2 is 1.75 bits per heavy atom. The van der Waals surface area contributed by atoms with E-state index in [4.69, 9.17) is 9.47 Å². The number of rotatable bonds is 3. The van der Waals surface area contributed by atoms with Gasteiger partial charge in [0.1, 0.15) is 13.2 Å². The van der Waals surface area contributed by atoms with E-state index in [9.17, 15) is 4.79 Å². The molecule has 1 aliphatic rings. The van der Waals surface area contributed by atoms with E-state index in [0.717, 1.165) is 0 Å². The second-order valence-corrected chi connectivity index (χ2v) is 4.33. The maximum absolute atomic E-state index is 12.2. The smallest absolute Gasteiger partial charge is 0.227 e. The molecule has 4 nitrogen and oxygen atoms in total. The monoisotopic (exact) mass is 291 g/mol. The van der Waals surface area contributed by atoms with E-state index in [1.54, 1.807) is 18.2 Å². The molecule has 0 unspecified atom stereocenters. The molecular weight excluding hydrogens is 278 g/mol. The van der Waals surface area contributed by atoms with Crippen LogP contribution in [-0.2, 0) is 6.54 Å². The Labute approximate surface area is 123 Å². The fourth-order valence-electron chi connectivity index (χ4n) is 2.01. The van der Waals surface area contributed by atoms with Crippen molar-refractivity contribution in [2.24, 2.45) is 0 Å². The first-order valence-electron chi connectivity index (χ1n) is 6.20. The molecule has 3 rings (SSSR count). The minimum atomic E-state index is 0. The number of pyridine rings is 1. The van der Waals surface area contributed by atoms with Crippen LogP contribution in [0.25, 0.3) is 0 Å². The number of carbonyl (C=O) groups excluding carboxylic acids is 1. The Bertz CT molecular complexity index is 601. The highest BCUT2D eigenvalue weighted by molar-refractivity contribution is 5.95. The largest absolute Gasteiger partial charge is 1.00 e. The zero-order chi connectivity index (χ0) is 13.1. The van der Waals surface area contributed by atoms with Crippen molar-refractivity contribution in [2.75, 3.05) is 13.2 Å². The fraction of sp³-hybridized carbons (Fsp3) is 0.200. The number of ketones is 1. The summed E-state index contributed by atoms with van der Waals surface area (Å²) in [6.07, 6.45) is 3.74. The summed E-state index contributed by atoms with van der Waals surface area (Å²) in [6.45, 7) is 1.40. The van der Waals surface area contributed by atoms with Crippen molar-refractivity contribution in [1.82, 2.24) is 0 Å². The van der Waals surface area contributed by atoms with Gasteiger partial charge in [0.05, 0.1) is 0 Å². The second kappa shape index (κ2) is 6.39. The summed E-state index contributed by atoms with van der Waals surface area (Å²) in [5.74, 6) is 1.40. The summed E-state index contributed by atoms with van der Waals surface area (Å²) in [6, 6.07) is 11.0. The van der Waals surface area contributed by atoms with Crippen LogP contribution in [0, 0.1) is 0 Å². The van der Waals surface area contributed by atoms with Crippen LogP contribution in [0.3, 0.4) is 0 Å². The fourth-order valence-corrected chi connectivity index (χ4v) is 2.01. The van der Waals surface area contributed by atoms with Crippen molar-refractivity contribution >= 4 is 5.78 Å². The molecule has 0 saturated heterocycles. The number of fused-ring (bicyclic) bond motifs is 1. The van der Waals surface area contributed by atoms with Gasteiger partial charge in [-0.05, 0) is 18.2 Å². The highest BCUT2D eigenvalue weighted by Crippen LogP contribution is 2.30. The third kappa shape index (κ3) is 3.08. The molecule has 0 radical (unpaired) electrons. The number of halogens is 1. The van der Waals surface area contributed by atoms with E-state index in [1.807, 2.05) is 35.2 Å². The number of ether oxygens (including phenoxy) is 2. The summed E-state index contributed by atoms with van der Waals surface area (Å²) in [4.78, 5) is 12.2. The number of aromatic nitrogens is 1. The molecule has 0 saturated carbocycles. The van der Waals surface area contributed by atoms with Gasteiger partial charge in [-0.2, -0.15) is 4.57 Å². The predicted octanol–water partition coefficient (Wildman–Crippen LogP) is -1.37. The first-order valence-corrected chi connectivity index (χ1v) is 6.20. The van der Waals surface area contributed by atoms with E-state index in [0.29, 0.717) is 36.8 Å². The quantitative estimate of drug-likeness (QED) is 0.518. The lowest BCUT2D eigenvalue weighted by atomic mass is 10.1. The minimum absolute atomic E-state index is 0. The van der Waals surface area contributed by atoms with Gasteiger partial charge in [0.25, 0.3) is 0 Å².